The van der Waals surface area contributed by atoms with Crippen molar-refractivity contribution in [3.8, 4) is 11.5 Å². The van der Waals surface area contributed by atoms with Crippen LogP contribution in [0.3, 0.4) is 0 Å². The SMILES string of the molecule is Nc1ncnc2c1ncn2C1O[C@@H]2COP(=O)(O)OC3C(n4ccc(=O)[nH]c4=O)O[C@H](COP(=O)(SCc4ccc(OC(=O)c5ccc(O)cc5)cc4)O[C@H]2[C@H]1F)[C@H]3F. The number of aromatic nitrogens is 6. The number of halogens is 2. The van der Waals surface area contributed by atoms with Gasteiger partial charge >= 0.3 is 26.3 Å². The molecule has 3 saturated heterocycles. The summed E-state index contributed by atoms with van der Waals surface area (Å²) in [5.41, 5.74) is 4.85. The second kappa shape index (κ2) is 16.3. The lowest BCUT2D eigenvalue weighted by molar-refractivity contribution is -0.0652. The molecule has 6 heterocycles. The summed E-state index contributed by atoms with van der Waals surface area (Å²) in [6.45, 7) is -6.50. The fourth-order valence-electron chi connectivity index (χ4n) is 6.36. The topological polar surface area (TPSA) is 281 Å². The quantitative estimate of drug-likeness (QED) is 0.104. The molecule has 0 spiro atoms. The van der Waals surface area contributed by atoms with E-state index in [4.69, 9.17) is 38.0 Å². The van der Waals surface area contributed by atoms with Gasteiger partial charge in [-0.05, 0) is 53.3 Å². The molecule has 3 aromatic heterocycles. The van der Waals surface area contributed by atoms with Gasteiger partial charge < -0.3 is 29.9 Å². The third-order valence-electron chi connectivity index (χ3n) is 9.25. The molecular weight excluding hydrogens is 850 g/mol. The van der Waals surface area contributed by atoms with Crippen LogP contribution < -0.4 is 21.7 Å². The molecular formula is C33H31F2N7O14P2S. The molecule has 5 unspecified atom stereocenters. The third kappa shape index (κ3) is 8.59. The minimum Gasteiger partial charge on any atom is -0.508 e. The van der Waals surface area contributed by atoms with Crippen LogP contribution >= 0.6 is 26.0 Å². The molecule has 3 fully saturated rings. The first-order chi connectivity index (χ1) is 28.2. The second-order valence-corrected chi connectivity index (χ2v) is 18.6. The zero-order valence-corrected chi connectivity index (χ0v) is 32.4. The predicted octanol–water partition coefficient (Wildman–Crippen LogP) is 3.31. The van der Waals surface area contributed by atoms with Gasteiger partial charge in [0.15, 0.2) is 36.3 Å². The number of hydrogen-bond acceptors (Lipinski definition) is 18. The monoisotopic (exact) mass is 881 g/mol. The molecule has 3 aliphatic heterocycles. The first-order valence-corrected chi connectivity index (χ1v) is 22.0. The van der Waals surface area contributed by atoms with Crippen molar-refractivity contribution in [1.29, 1.82) is 0 Å². The Morgan fingerprint density at radius 1 is 0.915 bits per heavy atom. The molecule has 21 nitrogen and oxygen atoms in total. The van der Waals surface area contributed by atoms with Crippen LogP contribution in [0.25, 0.3) is 11.2 Å². The summed E-state index contributed by atoms with van der Waals surface area (Å²) < 4.78 is 102. The Morgan fingerprint density at radius 2 is 1.64 bits per heavy atom. The molecule has 0 saturated carbocycles. The van der Waals surface area contributed by atoms with E-state index < -0.39 is 94.3 Å². The number of H-pyrrole nitrogens is 1. The Balaban J connectivity index is 1.08. The first-order valence-electron chi connectivity index (χ1n) is 17.3. The molecule has 8 rings (SSSR count). The normalized spacial score (nSPS) is 31.2. The number of aromatic hydroxyl groups is 1. The number of carbonyl (C=O) groups excluding carboxylic acids is 1. The van der Waals surface area contributed by atoms with Gasteiger partial charge in [-0.3, -0.25) is 37.0 Å². The van der Waals surface area contributed by atoms with E-state index in [9.17, 15) is 33.5 Å². The molecule has 10 atom stereocenters. The second-order valence-electron chi connectivity index (χ2n) is 13.1. The Morgan fingerprint density at radius 3 is 2.39 bits per heavy atom. The van der Waals surface area contributed by atoms with Crippen LogP contribution in [-0.2, 0) is 42.5 Å². The average molecular weight is 882 g/mol. The van der Waals surface area contributed by atoms with Gasteiger partial charge in [0.1, 0.15) is 47.8 Å². The number of phenolic OH excluding ortho intramolecular Hbond substituents is 1. The van der Waals surface area contributed by atoms with Gasteiger partial charge in [0.25, 0.3) is 5.56 Å². The fourth-order valence-corrected chi connectivity index (χ4v) is 10.7. The Bertz CT molecular complexity index is 2590. The highest BCUT2D eigenvalue weighted by atomic mass is 32.7. The molecule has 5 aromatic rings. The number of esters is 1. The van der Waals surface area contributed by atoms with Crippen molar-refractivity contribution < 1.29 is 65.0 Å². The van der Waals surface area contributed by atoms with Crippen LogP contribution in [0.2, 0.25) is 0 Å². The van der Waals surface area contributed by atoms with Gasteiger partial charge in [-0.1, -0.05) is 12.1 Å². The maximum atomic E-state index is 16.7. The molecule has 2 aromatic carbocycles. The van der Waals surface area contributed by atoms with Crippen LogP contribution in [0.4, 0.5) is 14.6 Å². The molecule has 0 amide bonds. The molecule has 2 bridgehead atoms. The number of nitrogen functional groups attached to an aromatic ring is 1. The van der Waals surface area contributed by atoms with Crippen molar-refractivity contribution in [1.82, 2.24) is 29.1 Å². The number of hydrogen-bond donors (Lipinski definition) is 4. The number of alkyl halides is 2. The summed E-state index contributed by atoms with van der Waals surface area (Å²) in [5, 5.41) is 9.49. The fraction of sp³-hybridized carbons (Fsp3) is 0.333. The highest BCUT2D eigenvalue weighted by molar-refractivity contribution is 8.54. The number of imidazole rings is 1. The van der Waals surface area contributed by atoms with Crippen LogP contribution in [-0.4, -0.2) is 95.0 Å². The summed E-state index contributed by atoms with van der Waals surface area (Å²) in [6, 6.07) is 12.3. The van der Waals surface area contributed by atoms with E-state index >= 15 is 8.78 Å². The predicted molar refractivity (Wildman–Crippen MR) is 199 cm³/mol. The summed E-state index contributed by atoms with van der Waals surface area (Å²) in [5.74, 6) is -0.746. The van der Waals surface area contributed by atoms with Crippen LogP contribution in [0.1, 0.15) is 28.4 Å². The number of fused-ring (bicyclic) bond motifs is 4. The maximum Gasteiger partial charge on any atom is 0.472 e. The zero-order valence-electron chi connectivity index (χ0n) is 29.8. The number of carbonyl (C=O) groups is 1. The highest BCUT2D eigenvalue weighted by Gasteiger charge is 2.55. The lowest BCUT2D eigenvalue weighted by atomic mass is 10.1. The number of nitrogens with two attached hydrogens (primary N) is 1. The lowest BCUT2D eigenvalue weighted by Gasteiger charge is -2.27. The van der Waals surface area contributed by atoms with E-state index in [0.29, 0.717) is 21.5 Å². The van der Waals surface area contributed by atoms with E-state index in [2.05, 4.69) is 15.0 Å². The Labute approximate surface area is 333 Å². The van der Waals surface area contributed by atoms with E-state index in [0.717, 1.165) is 29.5 Å². The summed E-state index contributed by atoms with van der Waals surface area (Å²) >= 11 is 0.561. The standard InChI is InChI=1S/C33H31F2N7O14P2S/c34-23-20-11-51-58(49,59-13-16-1-7-19(8-2-16)52-32(45)17-3-5-18(43)6-4-17)56-26-21(54-30(24(26)35)42-15-39-25-28(36)37-14-38-29(25)42)12-50-57(47,48)55-27(23)31(53-20)41-10-9-22(44)40-33(41)46/h1-10,14-15,20-21,23-24,26-27,30-31,43H,11-13H2,(H,47,48)(H2,36,37,38)(H,40,44,46)/t20-,21-,23-,24-,26-,27?,30?,31?,58?/m1/s1. The van der Waals surface area contributed by atoms with E-state index in [1.807, 2.05) is 4.98 Å². The molecule has 26 heteroatoms. The van der Waals surface area contributed by atoms with Crippen LogP contribution in [0.5, 0.6) is 11.5 Å². The first kappa shape index (κ1) is 40.9. The van der Waals surface area contributed by atoms with E-state index in [-0.39, 0.29) is 39.8 Å². The third-order valence-corrected chi connectivity index (χ3v) is 13.9. The number of phosphoric ester groups is 1. The van der Waals surface area contributed by atoms with Crippen molar-refractivity contribution in [2.75, 3.05) is 18.9 Å². The molecule has 59 heavy (non-hydrogen) atoms. The maximum absolute atomic E-state index is 16.7. The van der Waals surface area contributed by atoms with Crippen molar-refractivity contribution in [2.45, 2.75) is 55.0 Å². The van der Waals surface area contributed by atoms with Gasteiger partial charge in [0, 0.05) is 18.0 Å². The van der Waals surface area contributed by atoms with Gasteiger partial charge in [0.2, 0.25) is 0 Å². The zero-order chi connectivity index (χ0) is 41.6. The molecule has 3 aliphatic rings. The Kier molecular flexibility index (Phi) is 11.3. The number of nitrogens with zero attached hydrogens (tertiary/aromatic N) is 5. The van der Waals surface area contributed by atoms with Crippen molar-refractivity contribution >= 4 is 49.0 Å². The molecule has 5 N–H and O–H groups in total. The number of anilines is 1. The molecule has 312 valence electrons. The van der Waals surface area contributed by atoms with Crippen molar-refractivity contribution in [3.05, 3.63) is 105 Å². The summed E-state index contributed by atoms with van der Waals surface area (Å²) in [4.78, 5) is 61.8. The van der Waals surface area contributed by atoms with Gasteiger partial charge in [-0.15, -0.1) is 0 Å². The summed E-state index contributed by atoms with van der Waals surface area (Å²) in [6.07, 6.45) is -11.9. The largest absolute Gasteiger partial charge is 0.508 e. The smallest absolute Gasteiger partial charge is 0.472 e. The Hall–Kier alpha value is -4.87. The van der Waals surface area contributed by atoms with Crippen LogP contribution in [0, 0.1) is 0 Å². The minimum atomic E-state index is -5.31. The van der Waals surface area contributed by atoms with Gasteiger partial charge in [0.05, 0.1) is 25.1 Å². The lowest BCUT2D eigenvalue weighted by Crippen LogP contribution is -2.37. The minimum absolute atomic E-state index is 0.0223. The van der Waals surface area contributed by atoms with Crippen molar-refractivity contribution in [2.24, 2.45) is 0 Å². The number of phenols is 1. The number of phosphoric acid groups is 1. The van der Waals surface area contributed by atoms with Crippen molar-refractivity contribution in [3.63, 3.8) is 0 Å². The molecule has 0 aliphatic carbocycles. The summed E-state index contributed by atoms with van der Waals surface area (Å²) in [7, 11) is -5.31. The van der Waals surface area contributed by atoms with Gasteiger partial charge in [-0.25, -0.2) is 42.5 Å². The average Bonchev–Trinajstić information content (AvgIpc) is 3.86. The number of nitrogens with one attached hydrogen (secondary N) is 1. The van der Waals surface area contributed by atoms with E-state index in [1.165, 1.54) is 48.5 Å². The number of ether oxygens (including phenoxy) is 3. The highest BCUT2D eigenvalue weighted by Crippen LogP contribution is 2.65. The number of benzene rings is 2. The number of rotatable bonds is 7. The van der Waals surface area contributed by atoms with Crippen LogP contribution in [0.15, 0.2) is 83.0 Å². The number of aromatic amines is 1. The molecule has 0 radical (unpaired) electrons. The van der Waals surface area contributed by atoms with E-state index in [1.54, 1.807) is 0 Å². The van der Waals surface area contributed by atoms with Gasteiger partial charge in [-0.2, -0.15) is 0 Å².